The standard InChI is InChI=1S/C19H17BN2O5/c23-17(9-11-4-5-12-6-7-21-15(12)8-11)22-16-10-13-2-1-3-14(19(24)25)18(13)27-20(16)26/h1-8,16,21,26H,9-10H2,(H,22,23)(H,24,25)/t16-/m0/s1. The fraction of sp³-hybridized carbons (Fsp3) is 0.158. The minimum atomic E-state index is -1.31. The highest BCUT2D eigenvalue weighted by atomic mass is 16.5. The van der Waals surface area contributed by atoms with Crippen molar-refractivity contribution in [1.29, 1.82) is 0 Å². The van der Waals surface area contributed by atoms with E-state index in [4.69, 9.17) is 4.65 Å². The molecule has 1 aliphatic rings. The molecule has 0 saturated heterocycles. The van der Waals surface area contributed by atoms with Gasteiger partial charge in [0, 0.05) is 11.7 Å². The van der Waals surface area contributed by atoms with Gasteiger partial charge in [0.15, 0.2) is 0 Å². The Morgan fingerprint density at radius 2 is 2.11 bits per heavy atom. The van der Waals surface area contributed by atoms with Crippen LogP contribution < -0.4 is 9.97 Å². The molecule has 0 bridgehead atoms. The van der Waals surface area contributed by atoms with Crippen LogP contribution in [0.2, 0.25) is 0 Å². The Bertz CT molecular complexity index is 1030. The van der Waals surface area contributed by atoms with Crippen molar-refractivity contribution < 1.29 is 24.4 Å². The smallest absolute Gasteiger partial charge is 0.534 e. The number of aromatic carboxylic acids is 1. The number of hydrogen-bond donors (Lipinski definition) is 4. The maximum absolute atomic E-state index is 12.4. The number of hydrogen-bond acceptors (Lipinski definition) is 4. The summed E-state index contributed by atoms with van der Waals surface area (Å²) in [5, 5.41) is 23.3. The average Bonchev–Trinajstić information content (AvgIpc) is 3.09. The van der Waals surface area contributed by atoms with Crippen LogP contribution in [0.25, 0.3) is 10.9 Å². The zero-order chi connectivity index (χ0) is 19.0. The van der Waals surface area contributed by atoms with E-state index in [0.717, 1.165) is 16.5 Å². The van der Waals surface area contributed by atoms with Crippen LogP contribution in [0.5, 0.6) is 5.75 Å². The van der Waals surface area contributed by atoms with E-state index in [1.165, 1.54) is 6.07 Å². The number of aromatic nitrogens is 1. The van der Waals surface area contributed by atoms with Crippen LogP contribution in [-0.2, 0) is 17.6 Å². The van der Waals surface area contributed by atoms with E-state index in [-0.39, 0.29) is 23.6 Å². The minimum Gasteiger partial charge on any atom is -0.534 e. The summed E-state index contributed by atoms with van der Waals surface area (Å²) in [6, 6.07) is 12.5. The normalized spacial score (nSPS) is 15.9. The molecule has 4 rings (SSSR count). The SMILES string of the molecule is O=C(Cc1ccc2cc[nH]c2c1)N[C@H]1Cc2cccc(C(=O)O)c2OB1O. The number of aromatic amines is 1. The summed E-state index contributed by atoms with van der Waals surface area (Å²) in [5.41, 5.74) is 2.44. The molecule has 4 N–H and O–H groups in total. The number of H-pyrrole nitrogens is 1. The summed E-state index contributed by atoms with van der Waals surface area (Å²) >= 11 is 0. The molecule has 0 aliphatic carbocycles. The van der Waals surface area contributed by atoms with Crippen molar-refractivity contribution in [3.63, 3.8) is 0 Å². The largest absolute Gasteiger partial charge is 0.547 e. The van der Waals surface area contributed by atoms with E-state index in [0.29, 0.717) is 12.0 Å². The number of carboxylic acids is 1. The molecule has 0 saturated carbocycles. The van der Waals surface area contributed by atoms with Gasteiger partial charge in [0.1, 0.15) is 5.75 Å². The van der Waals surface area contributed by atoms with Crippen molar-refractivity contribution in [3.8, 4) is 5.75 Å². The van der Waals surface area contributed by atoms with Crippen LogP contribution in [-0.4, -0.2) is 40.1 Å². The maximum Gasteiger partial charge on any atom is 0.547 e. The molecule has 27 heavy (non-hydrogen) atoms. The number of carbonyl (C=O) groups is 2. The molecule has 0 unspecified atom stereocenters. The van der Waals surface area contributed by atoms with E-state index in [1.807, 2.05) is 30.5 Å². The monoisotopic (exact) mass is 364 g/mol. The van der Waals surface area contributed by atoms with Crippen LogP contribution in [0.4, 0.5) is 0 Å². The predicted molar refractivity (Wildman–Crippen MR) is 99.6 cm³/mol. The summed E-state index contributed by atoms with van der Waals surface area (Å²) in [6.45, 7) is 0. The lowest BCUT2D eigenvalue weighted by atomic mass is 9.72. The summed E-state index contributed by atoms with van der Waals surface area (Å²) in [5.74, 6) is -1.86. The van der Waals surface area contributed by atoms with Gasteiger partial charge in [0.05, 0.1) is 17.9 Å². The second kappa shape index (κ2) is 6.81. The predicted octanol–water partition coefficient (Wildman–Crippen LogP) is 1.55. The van der Waals surface area contributed by atoms with Crippen molar-refractivity contribution in [1.82, 2.24) is 10.3 Å². The zero-order valence-electron chi connectivity index (χ0n) is 14.3. The van der Waals surface area contributed by atoms with Crippen LogP contribution in [0.1, 0.15) is 21.5 Å². The lowest BCUT2D eigenvalue weighted by Gasteiger charge is -2.28. The first-order valence-corrected chi connectivity index (χ1v) is 8.56. The average molecular weight is 364 g/mol. The van der Waals surface area contributed by atoms with E-state index >= 15 is 0 Å². The van der Waals surface area contributed by atoms with E-state index in [2.05, 4.69) is 10.3 Å². The van der Waals surface area contributed by atoms with Gasteiger partial charge in [-0.3, -0.25) is 4.79 Å². The first-order chi connectivity index (χ1) is 13.0. The Labute approximate surface area is 155 Å². The highest BCUT2D eigenvalue weighted by Crippen LogP contribution is 2.30. The molecule has 0 fully saturated rings. The van der Waals surface area contributed by atoms with Crippen LogP contribution >= 0.6 is 0 Å². The molecule has 1 aromatic heterocycles. The highest BCUT2D eigenvalue weighted by molar-refractivity contribution is 6.47. The number of benzene rings is 2. The van der Waals surface area contributed by atoms with Crippen molar-refractivity contribution in [2.75, 3.05) is 0 Å². The summed E-state index contributed by atoms with van der Waals surface area (Å²) < 4.78 is 5.39. The minimum absolute atomic E-state index is 0.00410. The van der Waals surface area contributed by atoms with Gasteiger partial charge in [-0.1, -0.05) is 24.3 Å². The summed E-state index contributed by atoms with van der Waals surface area (Å²) in [4.78, 5) is 26.8. The van der Waals surface area contributed by atoms with Crippen LogP contribution in [0.15, 0.2) is 48.7 Å². The van der Waals surface area contributed by atoms with Gasteiger partial charge in [0.2, 0.25) is 5.91 Å². The molecule has 7 nitrogen and oxygen atoms in total. The quantitative estimate of drug-likeness (QED) is 0.525. The maximum atomic E-state index is 12.4. The van der Waals surface area contributed by atoms with E-state index in [9.17, 15) is 19.7 Å². The first kappa shape index (κ1) is 17.2. The van der Waals surface area contributed by atoms with Crippen LogP contribution in [0.3, 0.4) is 0 Å². The molecule has 0 spiro atoms. The molecule has 3 aromatic rings. The Morgan fingerprint density at radius 1 is 1.26 bits per heavy atom. The third-order valence-corrected chi connectivity index (χ3v) is 4.68. The molecular weight excluding hydrogens is 347 g/mol. The lowest BCUT2D eigenvalue weighted by Crippen LogP contribution is -2.53. The molecule has 0 radical (unpaired) electrons. The highest BCUT2D eigenvalue weighted by Gasteiger charge is 2.37. The topological polar surface area (TPSA) is 112 Å². The first-order valence-electron chi connectivity index (χ1n) is 8.56. The lowest BCUT2D eigenvalue weighted by molar-refractivity contribution is -0.120. The molecule has 2 heterocycles. The van der Waals surface area contributed by atoms with Crippen molar-refractivity contribution in [3.05, 3.63) is 65.4 Å². The number of rotatable bonds is 4. The fourth-order valence-corrected chi connectivity index (χ4v) is 3.36. The van der Waals surface area contributed by atoms with Gasteiger partial charge in [-0.25, -0.2) is 4.79 Å². The second-order valence-corrected chi connectivity index (χ2v) is 6.56. The van der Waals surface area contributed by atoms with Gasteiger partial charge < -0.3 is 25.1 Å². The van der Waals surface area contributed by atoms with E-state index in [1.54, 1.807) is 12.1 Å². The molecule has 8 heteroatoms. The van der Waals surface area contributed by atoms with Crippen LogP contribution in [0, 0.1) is 0 Å². The van der Waals surface area contributed by atoms with Crippen molar-refractivity contribution in [2.24, 2.45) is 0 Å². The third kappa shape index (κ3) is 3.39. The van der Waals surface area contributed by atoms with E-state index < -0.39 is 19.0 Å². The number of fused-ring (bicyclic) bond motifs is 2. The molecule has 2 aromatic carbocycles. The van der Waals surface area contributed by atoms with Gasteiger partial charge in [-0.05, 0) is 41.1 Å². The van der Waals surface area contributed by atoms with Crippen molar-refractivity contribution in [2.45, 2.75) is 18.8 Å². The van der Waals surface area contributed by atoms with Crippen molar-refractivity contribution >= 4 is 29.9 Å². The molecule has 136 valence electrons. The molecular formula is C19H17BN2O5. The number of para-hydroxylation sites is 1. The Kier molecular flexibility index (Phi) is 4.33. The number of amides is 1. The molecule has 1 atom stereocenters. The summed E-state index contributed by atoms with van der Waals surface area (Å²) in [6.07, 6.45) is 2.30. The second-order valence-electron chi connectivity index (χ2n) is 6.56. The number of nitrogens with one attached hydrogen (secondary N) is 2. The fourth-order valence-electron chi connectivity index (χ4n) is 3.36. The third-order valence-electron chi connectivity index (χ3n) is 4.68. The zero-order valence-corrected chi connectivity index (χ0v) is 14.3. The number of carbonyl (C=O) groups excluding carboxylic acids is 1. The Hall–Kier alpha value is -3.26. The van der Waals surface area contributed by atoms with Gasteiger partial charge in [0.25, 0.3) is 0 Å². The van der Waals surface area contributed by atoms with Gasteiger partial charge >= 0.3 is 13.1 Å². The summed E-state index contributed by atoms with van der Waals surface area (Å²) in [7, 11) is -1.31. The Morgan fingerprint density at radius 3 is 2.93 bits per heavy atom. The number of carboxylic acid groups (broad SMARTS) is 1. The van der Waals surface area contributed by atoms with Gasteiger partial charge in [-0.15, -0.1) is 0 Å². The van der Waals surface area contributed by atoms with Gasteiger partial charge in [-0.2, -0.15) is 0 Å². The Balaban J connectivity index is 1.47. The molecule has 1 amide bonds. The molecule has 1 aliphatic heterocycles.